The molecule has 1 aromatic rings. The van der Waals surface area contributed by atoms with E-state index in [1.54, 1.807) is 24.0 Å². The normalized spacial score (nSPS) is 17.5. The van der Waals surface area contributed by atoms with Crippen molar-refractivity contribution < 1.29 is 14.8 Å². The third kappa shape index (κ3) is 4.44. The second kappa shape index (κ2) is 6.44. The maximum Gasteiger partial charge on any atom is 0.269 e. The van der Waals surface area contributed by atoms with Crippen LogP contribution in [0.15, 0.2) is 29.2 Å². The number of piperidine rings is 1. The molecular formula is C14H18N2O4S. The summed E-state index contributed by atoms with van der Waals surface area (Å²) >= 11 is 1.37. The highest BCUT2D eigenvalue weighted by Crippen LogP contribution is 2.24. The van der Waals surface area contributed by atoms with Crippen LogP contribution in [0.3, 0.4) is 0 Å². The van der Waals surface area contributed by atoms with Crippen LogP contribution in [0.25, 0.3) is 0 Å². The van der Waals surface area contributed by atoms with Crippen molar-refractivity contribution in [1.82, 2.24) is 4.90 Å². The number of rotatable bonds is 4. The molecule has 0 radical (unpaired) electrons. The van der Waals surface area contributed by atoms with E-state index in [2.05, 4.69) is 0 Å². The van der Waals surface area contributed by atoms with Gasteiger partial charge in [-0.25, -0.2) is 0 Å². The van der Waals surface area contributed by atoms with Crippen LogP contribution in [0.5, 0.6) is 0 Å². The minimum absolute atomic E-state index is 0.0360. The van der Waals surface area contributed by atoms with Gasteiger partial charge in [0, 0.05) is 30.1 Å². The topological polar surface area (TPSA) is 83.7 Å². The molecule has 7 heteroatoms. The summed E-state index contributed by atoms with van der Waals surface area (Å²) in [6, 6.07) is 6.17. The number of benzene rings is 1. The van der Waals surface area contributed by atoms with E-state index in [9.17, 15) is 20.0 Å². The number of likely N-dealkylation sites (tertiary alicyclic amines) is 1. The third-order valence-corrected chi connectivity index (χ3v) is 4.60. The van der Waals surface area contributed by atoms with E-state index >= 15 is 0 Å². The zero-order valence-corrected chi connectivity index (χ0v) is 12.6. The summed E-state index contributed by atoms with van der Waals surface area (Å²) in [4.78, 5) is 24.8. The molecule has 0 aliphatic carbocycles. The number of non-ortho nitro benzene ring substituents is 1. The Morgan fingerprint density at radius 2 is 1.95 bits per heavy atom. The first kappa shape index (κ1) is 15.8. The molecule has 0 unspecified atom stereocenters. The molecule has 0 saturated carbocycles. The molecule has 1 aromatic carbocycles. The number of hydrogen-bond acceptors (Lipinski definition) is 5. The molecule has 1 fully saturated rings. The van der Waals surface area contributed by atoms with Crippen molar-refractivity contribution in [1.29, 1.82) is 0 Å². The predicted octanol–water partition coefficient (Wildman–Crippen LogP) is 2.06. The first-order chi connectivity index (χ1) is 9.87. The smallest absolute Gasteiger partial charge is 0.269 e. The number of amides is 1. The number of hydrogen-bond donors (Lipinski definition) is 1. The van der Waals surface area contributed by atoms with Crippen LogP contribution in [0.2, 0.25) is 0 Å². The standard InChI is InChI=1S/C14H18N2O4S/c1-14(18)6-8-15(9-7-14)13(17)10-21-12-4-2-11(3-5-12)16(19)20/h2-5,18H,6-10H2,1H3. The Morgan fingerprint density at radius 1 is 1.38 bits per heavy atom. The fourth-order valence-electron chi connectivity index (χ4n) is 2.14. The summed E-state index contributed by atoms with van der Waals surface area (Å²) < 4.78 is 0. The average Bonchev–Trinajstić information content (AvgIpc) is 2.45. The molecule has 1 aliphatic heterocycles. The van der Waals surface area contributed by atoms with E-state index in [0.717, 1.165) is 4.90 Å². The predicted molar refractivity (Wildman–Crippen MR) is 80.3 cm³/mol. The van der Waals surface area contributed by atoms with E-state index < -0.39 is 10.5 Å². The summed E-state index contributed by atoms with van der Waals surface area (Å²) in [6.07, 6.45) is 1.20. The lowest BCUT2D eigenvalue weighted by Crippen LogP contribution is -2.45. The molecule has 21 heavy (non-hydrogen) atoms. The minimum Gasteiger partial charge on any atom is -0.390 e. The SMILES string of the molecule is CC1(O)CCN(C(=O)CSc2ccc([N+](=O)[O-])cc2)CC1. The molecule has 1 saturated heterocycles. The van der Waals surface area contributed by atoms with Gasteiger partial charge in [-0.2, -0.15) is 0 Å². The fraction of sp³-hybridized carbons (Fsp3) is 0.500. The van der Waals surface area contributed by atoms with Gasteiger partial charge in [-0.3, -0.25) is 14.9 Å². The Balaban J connectivity index is 1.82. The highest BCUT2D eigenvalue weighted by Gasteiger charge is 2.29. The molecule has 1 amide bonds. The van der Waals surface area contributed by atoms with Gasteiger partial charge < -0.3 is 10.0 Å². The van der Waals surface area contributed by atoms with Crippen molar-refractivity contribution in [3.8, 4) is 0 Å². The van der Waals surface area contributed by atoms with Crippen LogP contribution in [0.4, 0.5) is 5.69 Å². The van der Waals surface area contributed by atoms with Crippen molar-refractivity contribution in [2.45, 2.75) is 30.3 Å². The Hall–Kier alpha value is -1.60. The maximum atomic E-state index is 12.1. The highest BCUT2D eigenvalue weighted by molar-refractivity contribution is 8.00. The van der Waals surface area contributed by atoms with E-state index in [1.807, 2.05) is 0 Å². The molecular weight excluding hydrogens is 292 g/mol. The number of aliphatic hydroxyl groups is 1. The Labute approximate surface area is 127 Å². The van der Waals surface area contributed by atoms with E-state index in [0.29, 0.717) is 31.7 Å². The minimum atomic E-state index is -0.664. The van der Waals surface area contributed by atoms with Crippen molar-refractivity contribution in [2.75, 3.05) is 18.8 Å². The van der Waals surface area contributed by atoms with Gasteiger partial charge in [0.1, 0.15) is 0 Å². The second-order valence-electron chi connectivity index (χ2n) is 5.42. The zero-order valence-electron chi connectivity index (χ0n) is 11.8. The Bertz CT molecular complexity index is 520. The van der Waals surface area contributed by atoms with Crippen LogP contribution in [0, 0.1) is 10.1 Å². The number of nitrogens with zero attached hydrogens (tertiary/aromatic N) is 2. The van der Waals surface area contributed by atoms with E-state index in [4.69, 9.17) is 0 Å². The molecule has 6 nitrogen and oxygen atoms in total. The largest absolute Gasteiger partial charge is 0.390 e. The number of carbonyl (C=O) groups excluding carboxylic acids is 1. The Kier molecular flexibility index (Phi) is 4.84. The van der Waals surface area contributed by atoms with Crippen molar-refractivity contribution in [3.63, 3.8) is 0 Å². The van der Waals surface area contributed by atoms with Gasteiger partial charge in [0.25, 0.3) is 5.69 Å². The van der Waals surface area contributed by atoms with E-state index in [-0.39, 0.29) is 11.6 Å². The average molecular weight is 310 g/mol. The van der Waals surface area contributed by atoms with Crippen LogP contribution < -0.4 is 0 Å². The quantitative estimate of drug-likeness (QED) is 0.523. The van der Waals surface area contributed by atoms with Crippen LogP contribution >= 0.6 is 11.8 Å². The molecule has 114 valence electrons. The van der Waals surface area contributed by atoms with Crippen LogP contribution in [-0.4, -0.2) is 45.3 Å². The highest BCUT2D eigenvalue weighted by atomic mass is 32.2. The summed E-state index contributed by atoms with van der Waals surface area (Å²) in [5, 5.41) is 20.4. The fourth-order valence-corrected chi connectivity index (χ4v) is 2.94. The molecule has 0 aromatic heterocycles. The number of nitro groups is 1. The summed E-state index contributed by atoms with van der Waals surface area (Å²) in [6.45, 7) is 2.94. The van der Waals surface area contributed by atoms with Gasteiger partial charge in [0.05, 0.1) is 16.3 Å². The van der Waals surface area contributed by atoms with E-state index in [1.165, 1.54) is 23.9 Å². The lowest BCUT2D eigenvalue weighted by Gasteiger charge is -2.35. The van der Waals surface area contributed by atoms with Gasteiger partial charge in [-0.15, -0.1) is 11.8 Å². The van der Waals surface area contributed by atoms with Gasteiger partial charge in [0.15, 0.2) is 0 Å². The summed E-state index contributed by atoms with van der Waals surface area (Å²) in [5.74, 6) is 0.341. The molecule has 0 bridgehead atoms. The van der Waals surface area contributed by atoms with Gasteiger partial charge in [-0.1, -0.05) is 0 Å². The number of carbonyl (C=O) groups is 1. The van der Waals surface area contributed by atoms with Crippen molar-refractivity contribution >= 4 is 23.4 Å². The molecule has 1 heterocycles. The van der Waals surface area contributed by atoms with Crippen molar-refractivity contribution in [2.24, 2.45) is 0 Å². The van der Waals surface area contributed by atoms with Crippen LogP contribution in [0.1, 0.15) is 19.8 Å². The lowest BCUT2D eigenvalue weighted by atomic mass is 9.94. The monoisotopic (exact) mass is 310 g/mol. The maximum absolute atomic E-state index is 12.1. The van der Waals surface area contributed by atoms with Crippen LogP contribution in [-0.2, 0) is 4.79 Å². The lowest BCUT2D eigenvalue weighted by molar-refractivity contribution is -0.384. The number of thioether (sulfide) groups is 1. The van der Waals surface area contributed by atoms with Gasteiger partial charge in [-0.05, 0) is 31.9 Å². The van der Waals surface area contributed by atoms with Gasteiger partial charge >= 0.3 is 0 Å². The number of nitro benzene ring substituents is 1. The third-order valence-electron chi connectivity index (χ3n) is 3.60. The molecule has 1 aliphatic rings. The summed E-state index contributed by atoms with van der Waals surface area (Å²) in [5.41, 5.74) is -0.619. The zero-order chi connectivity index (χ0) is 15.5. The Morgan fingerprint density at radius 3 is 2.48 bits per heavy atom. The first-order valence-corrected chi connectivity index (χ1v) is 7.73. The van der Waals surface area contributed by atoms with Crippen molar-refractivity contribution in [3.05, 3.63) is 34.4 Å². The first-order valence-electron chi connectivity index (χ1n) is 6.75. The molecule has 2 rings (SSSR count). The molecule has 0 atom stereocenters. The van der Waals surface area contributed by atoms with Gasteiger partial charge in [0.2, 0.25) is 5.91 Å². The second-order valence-corrected chi connectivity index (χ2v) is 6.47. The molecule has 0 spiro atoms. The molecule has 1 N–H and O–H groups in total. The summed E-state index contributed by atoms with van der Waals surface area (Å²) in [7, 11) is 0.